The Labute approximate surface area is 86.3 Å². The van der Waals surface area contributed by atoms with Crippen molar-refractivity contribution in [1.82, 2.24) is 0 Å². The topological polar surface area (TPSA) is 20.2 Å². The van der Waals surface area contributed by atoms with Gasteiger partial charge in [-0.05, 0) is 43.6 Å². The van der Waals surface area contributed by atoms with E-state index in [9.17, 15) is 5.11 Å². The summed E-state index contributed by atoms with van der Waals surface area (Å²) >= 11 is 1.88. The fourth-order valence-electron chi connectivity index (χ4n) is 2.19. The fourth-order valence-corrected chi connectivity index (χ4v) is 2.65. The maximum atomic E-state index is 9.89. The number of hydrogen-bond donors (Lipinski definition) is 1. The van der Waals surface area contributed by atoms with E-state index in [2.05, 4.69) is 6.26 Å². The summed E-state index contributed by atoms with van der Waals surface area (Å²) < 4.78 is 0. The molecule has 1 fully saturated rings. The molecular formula is C11H22OS. The molecule has 1 nitrogen and oxygen atoms in total. The van der Waals surface area contributed by atoms with Crippen molar-refractivity contribution >= 4 is 11.8 Å². The van der Waals surface area contributed by atoms with Gasteiger partial charge in [-0.3, -0.25) is 0 Å². The van der Waals surface area contributed by atoms with Gasteiger partial charge in [0.2, 0.25) is 0 Å². The molecule has 1 aliphatic rings. The van der Waals surface area contributed by atoms with E-state index < -0.39 is 0 Å². The lowest BCUT2D eigenvalue weighted by Gasteiger charge is -2.26. The van der Waals surface area contributed by atoms with Gasteiger partial charge in [-0.25, -0.2) is 0 Å². The molecule has 0 radical (unpaired) electrons. The van der Waals surface area contributed by atoms with E-state index >= 15 is 0 Å². The molecular weight excluding hydrogens is 180 g/mol. The molecule has 0 bridgehead atoms. The van der Waals surface area contributed by atoms with Crippen LogP contribution in [0, 0.1) is 5.92 Å². The van der Waals surface area contributed by atoms with Crippen LogP contribution in [0.25, 0.3) is 0 Å². The van der Waals surface area contributed by atoms with Gasteiger partial charge in [-0.15, -0.1) is 0 Å². The van der Waals surface area contributed by atoms with Gasteiger partial charge in [-0.2, -0.15) is 11.8 Å². The van der Waals surface area contributed by atoms with E-state index in [1.165, 1.54) is 44.3 Å². The first-order chi connectivity index (χ1) is 6.34. The van der Waals surface area contributed by atoms with Gasteiger partial charge in [0.05, 0.1) is 6.10 Å². The Morgan fingerprint density at radius 1 is 1.31 bits per heavy atom. The van der Waals surface area contributed by atoms with Gasteiger partial charge in [-0.1, -0.05) is 19.3 Å². The number of aliphatic hydroxyl groups excluding tert-OH is 1. The van der Waals surface area contributed by atoms with E-state index in [0.29, 0.717) is 5.92 Å². The zero-order valence-electron chi connectivity index (χ0n) is 8.67. The molecule has 0 amide bonds. The lowest BCUT2D eigenvalue weighted by Crippen LogP contribution is -2.22. The van der Waals surface area contributed by atoms with Gasteiger partial charge in [0, 0.05) is 0 Å². The summed E-state index contributed by atoms with van der Waals surface area (Å²) in [6.45, 7) is 0. The maximum absolute atomic E-state index is 9.89. The van der Waals surface area contributed by atoms with Gasteiger partial charge < -0.3 is 5.11 Å². The number of thioether (sulfide) groups is 1. The van der Waals surface area contributed by atoms with Crippen molar-refractivity contribution < 1.29 is 5.11 Å². The first-order valence-corrected chi connectivity index (χ1v) is 6.91. The molecule has 0 aromatic heterocycles. The van der Waals surface area contributed by atoms with Crippen molar-refractivity contribution in [3.05, 3.63) is 0 Å². The summed E-state index contributed by atoms with van der Waals surface area (Å²) in [5.41, 5.74) is 0. The minimum atomic E-state index is -0.00699. The van der Waals surface area contributed by atoms with Crippen molar-refractivity contribution in [2.45, 2.75) is 51.0 Å². The molecule has 0 heterocycles. The molecule has 2 heteroatoms. The first kappa shape index (κ1) is 11.4. The van der Waals surface area contributed by atoms with E-state index in [-0.39, 0.29) is 6.10 Å². The van der Waals surface area contributed by atoms with Crippen LogP contribution in [0.1, 0.15) is 44.9 Å². The third kappa shape index (κ3) is 4.37. The van der Waals surface area contributed by atoms with Gasteiger partial charge >= 0.3 is 0 Å². The van der Waals surface area contributed by atoms with Crippen LogP contribution in [0.5, 0.6) is 0 Å². The number of rotatable bonds is 5. The average Bonchev–Trinajstić information content (AvgIpc) is 2.19. The molecule has 1 N–H and O–H groups in total. The Morgan fingerprint density at radius 2 is 2.00 bits per heavy atom. The van der Waals surface area contributed by atoms with Crippen LogP contribution in [0.2, 0.25) is 0 Å². The molecule has 78 valence electrons. The van der Waals surface area contributed by atoms with Crippen LogP contribution in [0.15, 0.2) is 0 Å². The van der Waals surface area contributed by atoms with Gasteiger partial charge in [0.25, 0.3) is 0 Å². The van der Waals surface area contributed by atoms with Crippen molar-refractivity contribution in [3.8, 4) is 0 Å². The van der Waals surface area contributed by atoms with E-state index in [1.54, 1.807) is 0 Å². The predicted octanol–water partition coefficient (Wildman–Crippen LogP) is 3.07. The van der Waals surface area contributed by atoms with Crippen LogP contribution in [0.3, 0.4) is 0 Å². The van der Waals surface area contributed by atoms with E-state index in [1.807, 2.05) is 11.8 Å². The quantitative estimate of drug-likeness (QED) is 0.691. The van der Waals surface area contributed by atoms with Crippen molar-refractivity contribution in [2.24, 2.45) is 5.92 Å². The highest BCUT2D eigenvalue weighted by atomic mass is 32.2. The van der Waals surface area contributed by atoms with Gasteiger partial charge in [0.1, 0.15) is 0 Å². The summed E-state index contributed by atoms with van der Waals surface area (Å²) in [6.07, 6.45) is 10.9. The summed E-state index contributed by atoms with van der Waals surface area (Å²) in [5, 5.41) is 9.89. The predicted molar refractivity (Wildman–Crippen MR) is 60.2 cm³/mol. The Morgan fingerprint density at radius 3 is 2.62 bits per heavy atom. The molecule has 0 aromatic rings. The fraction of sp³-hybridized carbons (Fsp3) is 1.00. The van der Waals surface area contributed by atoms with E-state index in [0.717, 1.165) is 6.42 Å². The average molecular weight is 202 g/mol. The van der Waals surface area contributed by atoms with Crippen molar-refractivity contribution in [3.63, 3.8) is 0 Å². The zero-order valence-corrected chi connectivity index (χ0v) is 9.48. The van der Waals surface area contributed by atoms with Gasteiger partial charge in [0.15, 0.2) is 0 Å². The zero-order chi connectivity index (χ0) is 9.52. The third-order valence-corrected chi connectivity index (χ3v) is 3.74. The molecule has 1 rings (SSSR count). The smallest absolute Gasteiger partial charge is 0.0568 e. The second-order valence-corrected chi connectivity index (χ2v) is 5.09. The maximum Gasteiger partial charge on any atom is 0.0568 e. The lowest BCUT2D eigenvalue weighted by atomic mass is 9.84. The highest BCUT2D eigenvalue weighted by molar-refractivity contribution is 7.98. The molecule has 13 heavy (non-hydrogen) atoms. The molecule has 1 unspecified atom stereocenters. The SMILES string of the molecule is CSCCCC(O)C1CCCCC1. The largest absolute Gasteiger partial charge is 0.393 e. The Bertz CT molecular complexity index is 121. The second kappa shape index (κ2) is 6.72. The lowest BCUT2D eigenvalue weighted by molar-refractivity contribution is 0.0769. The highest BCUT2D eigenvalue weighted by Crippen LogP contribution is 2.28. The Balaban J connectivity index is 2.09. The van der Waals surface area contributed by atoms with Crippen LogP contribution >= 0.6 is 11.8 Å². The molecule has 0 spiro atoms. The molecule has 1 aliphatic carbocycles. The first-order valence-electron chi connectivity index (χ1n) is 5.51. The standard InChI is InChI=1S/C11H22OS/c1-13-9-5-8-11(12)10-6-3-2-4-7-10/h10-12H,2-9H2,1H3. The Hall–Kier alpha value is 0.310. The van der Waals surface area contributed by atoms with Crippen LogP contribution in [-0.2, 0) is 0 Å². The monoisotopic (exact) mass is 202 g/mol. The molecule has 1 atom stereocenters. The van der Waals surface area contributed by atoms with Crippen LogP contribution in [-0.4, -0.2) is 23.2 Å². The summed E-state index contributed by atoms with van der Waals surface area (Å²) in [6, 6.07) is 0. The summed E-state index contributed by atoms with van der Waals surface area (Å²) in [4.78, 5) is 0. The number of aliphatic hydroxyl groups is 1. The van der Waals surface area contributed by atoms with Crippen molar-refractivity contribution in [1.29, 1.82) is 0 Å². The summed E-state index contributed by atoms with van der Waals surface area (Å²) in [7, 11) is 0. The molecule has 1 saturated carbocycles. The van der Waals surface area contributed by atoms with Crippen molar-refractivity contribution in [2.75, 3.05) is 12.0 Å². The molecule has 0 aliphatic heterocycles. The minimum Gasteiger partial charge on any atom is -0.393 e. The normalized spacial score (nSPS) is 21.7. The van der Waals surface area contributed by atoms with Crippen LogP contribution < -0.4 is 0 Å². The van der Waals surface area contributed by atoms with Crippen LogP contribution in [0.4, 0.5) is 0 Å². The minimum absolute atomic E-state index is 0.00699. The molecule has 0 saturated heterocycles. The highest BCUT2D eigenvalue weighted by Gasteiger charge is 2.20. The summed E-state index contributed by atoms with van der Waals surface area (Å²) in [5.74, 6) is 1.82. The Kier molecular flexibility index (Phi) is 5.88. The third-order valence-electron chi connectivity index (χ3n) is 3.04. The van der Waals surface area contributed by atoms with E-state index in [4.69, 9.17) is 0 Å². The second-order valence-electron chi connectivity index (χ2n) is 4.10. The molecule has 0 aromatic carbocycles. The number of hydrogen-bond acceptors (Lipinski definition) is 2.